The lowest BCUT2D eigenvalue weighted by Gasteiger charge is -2.19. The van der Waals surface area contributed by atoms with Crippen LogP contribution in [0.2, 0.25) is 0 Å². The average molecular weight is 1490 g/mol. The molecule has 17 nitrogen and oxygen atoms in total. The number of hydrogen-bond donors (Lipinski definition) is 1. The standard InChI is InChI=1S/C10H16N2.C10H18O.2C8H14O2.C8H14O.C8H12O.C6H13NO2S.C6H9NO.C6H12OS.C6H10OS.C5H9FO/c1-5-9-11-6-7-12(9)8-10(2,3)4;1-8(2)6-9(11)7-10(3,4)5;1-6(9)5-7(10)8(2,3)4;1-5-7(9)10-6-8(2,3)4;2*1-5-7(9)6-8(2,3)4;1-5-10(8,9)7-6(2,3)4;1-5(2)6(8)3-4-7;2*1-5-8(7)6(2,3)4;1-4(2)5(7)3-6/h5-7H,1,8H2,2-4H3;6H,7H2,1-5H3;5H2,1-4H3;5H,1,6H2,2-4H3;5H,1,6H2,2-4H3;1H,6H2,2-4H3;5,7H,1H2,2-4H3;5H,3H2,1-2H3;5H,1H2,2-4H3;1H,2-4H3;4H,3H2,1-2H3. The van der Waals surface area contributed by atoms with E-state index in [1.165, 1.54) is 24.5 Å². The van der Waals surface area contributed by atoms with Gasteiger partial charge in [0.25, 0.3) is 0 Å². The lowest BCUT2D eigenvalue weighted by Crippen LogP contribution is -2.39. The lowest BCUT2D eigenvalue weighted by atomic mass is 9.88. The van der Waals surface area contributed by atoms with Gasteiger partial charge in [-0.25, -0.2) is 31.5 Å². The molecule has 1 aromatic heterocycles. The fraction of sp³-hybridized carbons (Fsp3) is 0.654. The number of sulfonamides is 1. The van der Waals surface area contributed by atoms with Crippen LogP contribution in [0, 0.1) is 79.7 Å². The number of esters is 1. The molecule has 0 fully saturated rings. The number of nitrogens with zero attached hydrogens (tertiary/aromatic N) is 3. The van der Waals surface area contributed by atoms with E-state index in [0.717, 1.165) is 23.4 Å². The van der Waals surface area contributed by atoms with Crippen LogP contribution in [0.5, 0.6) is 0 Å². The molecular formula is C81H141FN4O13S3. The molecule has 0 saturated heterocycles. The third kappa shape index (κ3) is 99.9. The molecule has 2 unspecified atom stereocenters. The number of aromatic nitrogens is 2. The largest absolute Gasteiger partial charge is 0.462 e. The predicted molar refractivity (Wildman–Crippen MR) is 431 cm³/mol. The molecule has 21 heteroatoms. The molecule has 0 aliphatic carbocycles. The highest BCUT2D eigenvalue weighted by Gasteiger charge is 2.23. The number of nitrogens with one attached hydrogen (secondary N) is 1. The molecule has 0 radical (unpaired) electrons. The van der Waals surface area contributed by atoms with Crippen molar-refractivity contribution < 1.29 is 64.3 Å². The van der Waals surface area contributed by atoms with Gasteiger partial charge in [-0.2, -0.15) is 5.26 Å². The quantitative estimate of drug-likeness (QED) is 0.0471. The van der Waals surface area contributed by atoms with Crippen molar-refractivity contribution in [2.24, 2.45) is 44.3 Å². The summed E-state index contributed by atoms with van der Waals surface area (Å²) in [6.45, 7) is 82.9. The van der Waals surface area contributed by atoms with Gasteiger partial charge in [0.05, 0.1) is 36.3 Å². The van der Waals surface area contributed by atoms with E-state index in [2.05, 4.69) is 99.9 Å². The first kappa shape index (κ1) is 117. The monoisotopic (exact) mass is 1490 g/mol. The molecule has 2 atom stereocenters. The van der Waals surface area contributed by atoms with Crippen LogP contribution in [0.15, 0.2) is 79.9 Å². The number of imidazole rings is 1. The van der Waals surface area contributed by atoms with Crippen molar-refractivity contribution in [3.8, 4) is 30.1 Å². The van der Waals surface area contributed by atoms with E-state index < -0.39 is 43.8 Å². The highest BCUT2D eigenvalue weighted by Crippen LogP contribution is 2.22. The first-order valence-corrected chi connectivity index (χ1v) is 37.4. The molecule has 0 aliphatic heterocycles. The van der Waals surface area contributed by atoms with Crippen LogP contribution in [-0.4, -0.2) is 101 Å². The topological polar surface area (TPSA) is 268 Å². The van der Waals surface area contributed by atoms with E-state index in [-0.39, 0.29) is 108 Å². The predicted octanol–water partition coefficient (Wildman–Crippen LogP) is 18.6. The summed E-state index contributed by atoms with van der Waals surface area (Å²) < 4.78 is 63.3. The van der Waals surface area contributed by atoms with Crippen LogP contribution in [0.25, 0.3) is 6.08 Å². The Morgan fingerprint density at radius 2 is 1.07 bits per heavy atom. The van der Waals surface area contributed by atoms with Crippen LogP contribution in [-0.2, 0) is 81.3 Å². The van der Waals surface area contributed by atoms with Gasteiger partial charge in [0.2, 0.25) is 15.8 Å². The zero-order valence-electron chi connectivity index (χ0n) is 69.9. The summed E-state index contributed by atoms with van der Waals surface area (Å²) in [6.07, 6.45) is 21.5. The smallest absolute Gasteiger partial charge is 0.330 e. The van der Waals surface area contributed by atoms with E-state index in [4.69, 9.17) is 22.8 Å². The van der Waals surface area contributed by atoms with Crippen molar-refractivity contribution in [3.05, 3.63) is 85.7 Å². The van der Waals surface area contributed by atoms with Crippen molar-refractivity contribution in [2.75, 3.05) is 13.3 Å². The van der Waals surface area contributed by atoms with Crippen LogP contribution in [0.3, 0.4) is 0 Å². The van der Waals surface area contributed by atoms with E-state index >= 15 is 0 Å². The summed E-state index contributed by atoms with van der Waals surface area (Å²) in [7, 11) is -5.26. The molecule has 1 heterocycles. The summed E-state index contributed by atoms with van der Waals surface area (Å²) in [4.78, 5) is 89.4. The van der Waals surface area contributed by atoms with E-state index in [9.17, 15) is 59.6 Å². The number of rotatable bonds is 18. The first-order chi connectivity index (χ1) is 45.1. The minimum Gasteiger partial charge on any atom is -0.462 e. The summed E-state index contributed by atoms with van der Waals surface area (Å²) in [5, 5.41) is 12.6. The fourth-order valence-corrected chi connectivity index (χ4v) is 7.14. The number of nitriles is 1. The maximum absolute atomic E-state index is 11.3. The number of carbonyl (C=O) groups is 8. The zero-order chi connectivity index (χ0) is 84.2. The molecule has 0 aromatic carbocycles. The summed E-state index contributed by atoms with van der Waals surface area (Å²) in [6, 6.07) is 1.80. The van der Waals surface area contributed by atoms with Crippen molar-refractivity contribution in [1.82, 2.24) is 14.3 Å². The van der Waals surface area contributed by atoms with Gasteiger partial charge in [-0.1, -0.05) is 191 Å². The van der Waals surface area contributed by atoms with E-state index in [1.54, 1.807) is 66.7 Å². The van der Waals surface area contributed by atoms with Crippen LogP contribution in [0.4, 0.5) is 4.39 Å². The summed E-state index contributed by atoms with van der Waals surface area (Å²) in [5.74, 6) is 2.45. The number of Topliss-reactive ketones (excluding diaryl/α,β-unsaturated/α-hetero) is 5. The number of ether oxygens (including phenoxy) is 1. The first-order valence-electron chi connectivity index (χ1n) is 33.5. The molecule has 102 heavy (non-hydrogen) atoms. The highest BCUT2D eigenvalue weighted by atomic mass is 32.2. The fourth-order valence-electron chi connectivity index (χ4n) is 5.35. The normalized spacial score (nSPS) is 11.6. The van der Waals surface area contributed by atoms with Crippen LogP contribution >= 0.6 is 0 Å². The Labute approximate surface area is 626 Å². The molecule has 0 aliphatic rings. The van der Waals surface area contributed by atoms with Gasteiger partial charge in [-0.05, 0) is 145 Å². The molecular weight excluding hydrogens is 1350 g/mol. The lowest BCUT2D eigenvalue weighted by molar-refractivity contribution is -0.140. The number of ketones is 7. The molecule has 0 amide bonds. The Hall–Kier alpha value is -6.44. The Bertz CT molecular complexity index is 3040. The maximum Gasteiger partial charge on any atom is 0.330 e. The minimum atomic E-state index is -3.26. The average Bonchev–Trinajstić information content (AvgIpc) is 1.73. The molecule has 1 rings (SSSR count). The Morgan fingerprint density at radius 1 is 0.647 bits per heavy atom. The third-order valence-electron chi connectivity index (χ3n) is 10.3. The van der Waals surface area contributed by atoms with Crippen molar-refractivity contribution in [1.29, 1.82) is 5.26 Å². The number of allylic oxidation sites excluding steroid dienone is 3. The molecule has 0 bridgehead atoms. The van der Waals surface area contributed by atoms with Gasteiger partial charge in [0.1, 0.15) is 40.6 Å². The maximum atomic E-state index is 11.3. The van der Waals surface area contributed by atoms with Gasteiger partial charge in [-0.3, -0.25) is 37.8 Å². The molecule has 588 valence electrons. The minimum absolute atomic E-state index is 0.00894. The summed E-state index contributed by atoms with van der Waals surface area (Å²) >= 11 is 0. The Morgan fingerprint density at radius 3 is 1.24 bits per heavy atom. The Kier molecular flexibility index (Phi) is 65.2. The second-order valence-corrected chi connectivity index (χ2v) is 39.9. The SMILES string of the molecule is C#CC(=O)CC(C)(C)C.C#CS(=O)C(C)(C)C.C=CC(=O)CC(C)(C)C.C=CC(=O)OCC(C)(C)C.C=CS(=O)(=O)NC(C)(C)C.C=CS(=O)C(C)(C)C.C=Cc1nccn1CC(C)(C)C.CC(=O)CC(=O)C(C)(C)C.CC(C)=CC(=O)CC(C)(C)C.CC(C)C(=O)CC#N.CC(C)C(=O)CF. The van der Waals surface area contributed by atoms with Crippen LogP contribution < -0.4 is 4.72 Å². The van der Waals surface area contributed by atoms with Gasteiger partial charge >= 0.3 is 5.97 Å². The molecule has 1 N–H and O–H groups in total. The Balaban J connectivity index is -0.000000114. The van der Waals surface area contributed by atoms with Gasteiger partial charge in [-0.15, -0.1) is 12.8 Å². The van der Waals surface area contributed by atoms with E-state index in [0.29, 0.717) is 31.3 Å². The van der Waals surface area contributed by atoms with Crippen molar-refractivity contribution in [2.45, 2.75) is 289 Å². The second kappa shape index (κ2) is 56.9. The van der Waals surface area contributed by atoms with E-state index in [1.807, 2.05) is 151 Å². The number of terminal acetylenes is 2. The third-order valence-corrected chi connectivity index (χ3v) is 14.5. The van der Waals surface area contributed by atoms with Crippen molar-refractivity contribution in [3.63, 3.8) is 0 Å². The number of carbonyl (C=O) groups excluding carboxylic acids is 8. The van der Waals surface area contributed by atoms with Gasteiger partial charge in [0.15, 0.2) is 17.3 Å². The highest BCUT2D eigenvalue weighted by molar-refractivity contribution is 7.92. The second-order valence-electron chi connectivity index (χ2n) is 34.1. The van der Waals surface area contributed by atoms with Crippen molar-refractivity contribution >= 4 is 84.2 Å². The molecule has 0 saturated carbocycles. The number of alkyl halides is 1. The number of hydrogen-bond acceptors (Lipinski definition) is 15. The number of halogens is 1. The molecule has 0 spiro atoms. The zero-order valence-corrected chi connectivity index (χ0v) is 72.3. The van der Waals surface area contributed by atoms with Crippen LogP contribution in [0.1, 0.15) is 273 Å². The van der Waals surface area contributed by atoms with Gasteiger partial charge < -0.3 is 9.30 Å². The molecule has 1 aromatic rings. The van der Waals surface area contributed by atoms with Gasteiger partial charge in [0, 0.05) is 82.0 Å². The summed E-state index contributed by atoms with van der Waals surface area (Å²) in [5.41, 5.74) is 0.868.